The zero-order valence-corrected chi connectivity index (χ0v) is 14.1. The second-order valence-electron chi connectivity index (χ2n) is 3.92. The summed E-state index contributed by atoms with van der Waals surface area (Å²) >= 11 is 7.41. The molecule has 0 heterocycles. The van der Waals surface area contributed by atoms with E-state index in [1.54, 1.807) is 0 Å². The molecule has 1 rings (SSSR count). The molecule has 106 valence electrons. The predicted octanol–water partition coefficient (Wildman–Crippen LogP) is 3.41. The Balaban J connectivity index is 2.76. The van der Waals surface area contributed by atoms with Crippen molar-refractivity contribution >= 4 is 48.7 Å². The highest BCUT2D eigenvalue weighted by Gasteiger charge is 2.23. The molecule has 0 aromatic heterocycles. The third-order valence-corrected chi connectivity index (χ3v) is 4.58. The van der Waals surface area contributed by atoms with E-state index < -0.39 is 18.0 Å². The van der Waals surface area contributed by atoms with Gasteiger partial charge in [0.15, 0.2) is 5.12 Å². The number of aliphatic hydroxyl groups is 2. The molecule has 0 saturated heterocycles. The van der Waals surface area contributed by atoms with Crippen molar-refractivity contribution in [3.63, 3.8) is 0 Å². The summed E-state index contributed by atoms with van der Waals surface area (Å²) in [5, 5.41) is 19.9. The summed E-state index contributed by atoms with van der Waals surface area (Å²) in [5.41, 5.74) is 0.390. The monoisotopic (exact) mass is 414 g/mol. The maximum absolute atomic E-state index is 13.1. The van der Waals surface area contributed by atoms with E-state index in [2.05, 4.69) is 31.9 Å². The highest BCUT2D eigenvalue weighted by Crippen LogP contribution is 2.34. The molecule has 0 spiro atoms. The van der Waals surface area contributed by atoms with Gasteiger partial charge in [-0.25, -0.2) is 4.39 Å². The van der Waals surface area contributed by atoms with Crippen molar-refractivity contribution in [3.05, 3.63) is 32.5 Å². The fourth-order valence-corrected chi connectivity index (χ4v) is 3.76. The van der Waals surface area contributed by atoms with Crippen LogP contribution in [0.15, 0.2) is 21.1 Å². The topological polar surface area (TPSA) is 57.5 Å². The van der Waals surface area contributed by atoms with Gasteiger partial charge in [-0.2, -0.15) is 0 Å². The van der Waals surface area contributed by atoms with Gasteiger partial charge in [0, 0.05) is 27.2 Å². The third kappa shape index (κ3) is 5.15. The Kier molecular flexibility index (Phi) is 6.96. The molecule has 7 heteroatoms. The molecule has 0 saturated carbocycles. The fourth-order valence-electron chi connectivity index (χ4n) is 1.51. The first kappa shape index (κ1) is 17.1. The van der Waals surface area contributed by atoms with E-state index in [0.717, 1.165) is 11.8 Å². The number of benzene rings is 1. The number of rotatable bonds is 5. The maximum atomic E-state index is 13.1. The number of halogens is 3. The van der Waals surface area contributed by atoms with E-state index in [9.17, 15) is 19.4 Å². The number of hydrogen-bond acceptors (Lipinski definition) is 4. The van der Waals surface area contributed by atoms with Crippen LogP contribution in [0.3, 0.4) is 0 Å². The minimum absolute atomic E-state index is 0.0363. The van der Waals surface area contributed by atoms with Crippen LogP contribution in [0.4, 0.5) is 4.39 Å². The average Bonchev–Trinajstić information content (AvgIpc) is 2.26. The minimum Gasteiger partial charge on any atom is -0.390 e. The zero-order chi connectivity index (χ0) is 14.6. The van der Waals surface area contributed by atoms with Gasteiger partial charge in [-0.1, -0.05) is 43.6 Å². The van der Waals surface area contributed by atoms with Crippen LogP contribution in [0.25, 0.3) is 0 Å². The SMILES string of the molecule is CC(=O)SCCC(O)C(O)c1c(Br)cc(F)cc1Br. The van der Waals surface area contributed by atoms with Gasteiger partial charge in [0.25, 0.3) is 0 Å². The van der Waals surface area contributed by atoms with E-state index >= 15 is 0 Å². The highest BCUT2D eigenvalue weighted by molar-refractivity contribution is 9.11. The van der Waals surface area contributed by atoms with Gasteiger partial charge in [-0.05, 0) is 18.6 Å². The first-order chi connectivity index (χ1) is 8.82. The normalized spacial score (nSPS) is 14.2. The summed E-state index contributed by atoms with van der Waals surface area (Å²) in [7, 11) is 0. The van der Waals surface area contributed by atoms with Crippen LogP contribution in [0, 0.1) is 5.82 Å². The lowest BCUT2D eigenvalue weighted by Crippen LogP contribution is -2.20. The van der Waals surface area contributed by atoms with Crippen LogP contribution in [0.2, 0.25) is 0 Å². The Morgan fingerprint density at radius 2 is 1.89 bits per heavy atom. The Hall–Kier alpha value is 0.0500. The summed E-state index contributed by atoms with van der Waals surface area (Å²) in [6.45, 7) is 1.45. The summed E-state index contributed by atoms with van der Waals surface area (Å²) < 4.78 is 13.9. The smallest absolute Gasteiger partial charge is 0.185 e. The van der Waals surface area contributed by atoms with Crippen molar-refractivity contribution in [2.24, 2.45) is 0 Å². The molecule has 2 unspecified atom stereocenters. The second-order valence-corrected chi connectivity index (χ2v) is 6.90. The maximum Gasteiger partial charge on any atom is 0.185 e. The Morgan fingerprint density at radius 3 is 2.37 bits per heavy atom. The molecule has 0 radical (unpaired) electrons. The van der Waals surface area contributed by atoms with Gasteiger partial charge in [0.2, 0.25) is 0 Å². The van der Waals surface area contributed by atoms with Crippen molar-refractivity contribution in [1.29, 1.82) is 0 Å². The molecule has 1 aromatic carbocycles. The molecule has 0 aliphatic rings. The number of carbonyl (C=O) groups is 1. The second kappa shape index (κ2) is 7.73. The van der Waals surface area contributed by atoms with Gasteiger partial charge < -0.3 is 10.2 Å². The molecule has 19 heavy (non-hydrogen) atoms. The number of thioether (sulfide) groups is 1. The van der Waals surface area contributed by atoms with Crippen molar-refractivity contribution in [1.82, 2.24) is 0 Å². The molecule has 0 aliphatic heterocycles. The van der Waals surface area contributed by atoms with Crippen molar-refractivity contribution in [2.75, 3.05) is 5.75 Å². The predicted molar refractivity (Wildman–Crippen MR) is 80.5 cm³/mol. The molecule has 1 aromatic rings. The molecule has 0 bridgehead atoms. The molecular formula is C12H13Br2FO3S. The number of hydrogen-bond donors (Lipinski definition) is 2. The molecule has 2 atom stereocenters. The van der Waals surface area contributed by atoms with Crippen molar-refractivity contribution in [3.8, 4) is 0 Å². The number of aliphatic hydroxyl groups excluding tert-OH is 2. The largest absolute Gasteiger partial charge is 0.390 e. The first-order valence-corrected chi connectivity index (χ1v) is 8.04. The zero-order valence-electron chi connectivity index (χ0n) is 10.1. The molecule has 3 nitrogen and oxygen atoms in total. The Labute approximate surface area is 131 Å². The standard InChI is InChI=1S/C12H13Br2FO3S/c1-6(16)19-3-2-10(17)12(18)11-8(13)4-7(15)5-9(11)14/h4-5,10,12,17-18H,2-3H2,1H3. The molecule has 0 amide bonds. The lowest BCUT2D eigenvalue weighted by Gasteiger charge is -2.20. The van der Waals surface area contributed by atoms with E-state index in [1.165, 1.54) is 19.1 Å². The van der Waals surface area contributed by atoms with Gasteiger partial charge in [-0.15, -0.1) is 0 Å². The molecule has 0 fully saturated rings. The van der Waals surface area contributed by atoms with Gasteiger partial charge in [-0.3, -0.25) is 4.79 Å². The van der Waals surface area contributed by atoms with Crippen LogP contribution >= 0.6 is 43.6 Å². The van der Waals surface area contributed by atoms with Crippen molar-refractivity contribution < 1.29 is 19.4 Å². The van der Waals surface area contributed by atoms with Crippen LogP contribution < -0.4 is 0 Å². The van der Waals surface area contributed by atoms with E-state index in [4.69, 9.17) is 0 Å². The summed E-state index contributed by atoms with van der Waals surface area (Å²) in [6.07, 6.45) is -1.91. The molecular weight excluding hydrogens is 403 g/mol. The van der Waals surface area contributed by atoms with E-state index in [0.29, 0.717) is 20.3 Å². The number of carbonyl (C=O) groups excluding carboxylic acids is 1. The fraction of sp³-hybridized carbons (Fsp3) is 0.417. The Morgan fingerprint density at radius 1 is 1.37 bits per heavy atom. The molecule has 0 aliphatic carbocycles. The summed E-state index contributed by atoms with van der Waals surface area (Å²) in [5.74, 6) is -0.0272. The molecule has 2 N–H and O–H groups in total. The third-order valence-electron chi connectivity index (χ3n) is 2.42. The van der Waals surface area contributed by atoms with E-state index in [1.807, 2.05) is 0 Å². The lowest BCUT2D eigenvalue weighted by atomic mass is 10.0. The average molecular weight is 416 g/mol. The van der Waals surface area contributed by atoms with E-state index in [-0.39, 0.29) is 11.5 Å². The highest BCUT2D eigenvalue weighted by atomic mass is 79.9. The van der Waals surface area contributed by atoms with Gasteiger partial charge in [0.1, 0.15) is 11.9 Å². The summed E-state index contributed by atoms with van der Waals surface area (Å²) in [4.78, 5) is 10.8. The lowest BCUT2D eigenvalue weighted by molar-refractivity contribution is -0.109. The van der Waals surface area contributed by atoms with Gasteiger partial charge >= 0.3 is 0 Å². The van der Waals surface area contributed by atoms with Crippen LogP contribution in [-0.2, 0) is 4.79 Å². The Bertz CT molecular complexity index is 447. The van der Waals surface area contributed by atoms with Gasteiger partial charge in [0.05, 0.1) is 6.10 Å². The van der Waals surface area contributed by atoms with Crippen LogP contribution in [0.1, 0.15) is 25.0 Å². The van der Waals surface area contributed by atoms with Crippen LogP contribution in [-0.4, -0.2) is 27.2 Å². The quantitative estimate of drug-likeness (QED) is 0.773. The first-order valence-electron chi connectivity index (χ1n) is 5.47. The van der Waals surface area contributed by atoms with Crippen LogP contribution in [0.5, 0.6) is 0 Å². The van der Waals surface area contributed by atoms with Crippen molar-refractivity contribution in [2.45, 2.75) is 25.6 Å². The summed E-state index contributed by atoms with van der Waals surface area (Å²) in [6, 6.07) is 2.45. The minimum atomic E-state index is -1.16.